The predicted octanol–water partition coefficient (Wildman–Crippen LogP) is 6.54. The second-order valence-corrected chi connectivity index (χ2v) is 10.5. The lowest BCUT2D eigenvalue weighted by atomic mass is 10.1. The number of ether oxygens (including phenoxy) is 1. The van der Waals surface area contributed by atoms with Crippen LogP contribution in [0.2, 0.25) is 0 Å². The van der Waals surface area contributed by atoms with Crippen molar-refractivity contribution >= 4 is 57.3 Å². The van der Waals surface area contributed by atoms with E-state index in [0.717, 1.165) is 21.8 Å². The van der Waals surface area contributed by atoms with Crippen LogP contribution in [0.25, 0.3) is 0 Å². The third-order valence-corrected chi connectivity index (χ3v) is 8.01. The number of hydrogen-bond acceptors (Lipinski definition) is 7. The lowest BCUT2D eigenvalue weighted by molar-refractivity contribution is -0.115. The zero-order valence-corrected chi connectivity index (χ0v) is 22.5. The molecule has 9 heteroatoms. The van der Waals surface area contributed by atoms with E-state index in [4.69, 9.17) is 10.5 Å². The molecule has 0 saturated carbocycles. The molecule has 0 radical (unpaired) electrons. The molecule has 2 amide bonds. The molecule has 4 rings (SSSR count). The number of anilines is 3. The molecule has 0 fully saturated rings. The van der Waals surface area contributed by atoms with Crippen molar-refractivity contribution in [3.63, 3.8) is 0 Å². The van der Waals surface area contributed by atoms with Crippen molar-refractivity contribution in [2.45, 2.75) is 24.0 Å². The van der Waals surface area contributed by atoms with Gasteiger partial charge >= 0.3 is 5.97 Å². The highest BCUT2D eigenvalue weighted by Gasteiger charge is 2.29. The van der Waals surface area contributed by atoms with Crippen LogP contribution in [0.1, 0.15) is 43.3 Å². The fourth-order valence-electron chi connectivity index (χ4n) is 3.78. The molecule has 7 nitrogen and oxygen atoms in total. The van der Waals surface area contributed by atoms with Crippen molar-refractivity contribution in [1.29, 1.82) is 0 Å². The Morgan fingerprint density at radius 2 is 1.63 bits per heavy atom. The first-order valence-electron chi connectivity index (χ1n) is 11.9. The van der Waals surface area contributed by atoms with Gasteiger partial charge in [-0.3, -0.25) is 9.59 Å². The lowest BCUT2D eigenvalue weighted by Gasteiger charge is -2.17. The van der Waals surface area contributed by atoms with E-state index in [9.17, 15) is 14.4 Å². The smallest absolute Gasteiger partial charge is 0.341 e. The fraction of sp³-hybridized carbons (Fsp3) is 0.138. The van der Waals surface area contributed by atoms with Gasteiger partial charge in [0.15, 0.2) is 0 Å². The van der Waals surface area contributed by atoms with E-state index >= 15 is 0 Å². The van der Waals surface area contributed by atoms with Crippen molar-refractivity contribution in [2.75, 3.05) is 23.0 Å². The summed E-state index contributed by atoms with van der Waals surface area (Å²) >= 11 is 2.39. The summed E-state index contributed by atoms with van der Waals surface area (Å²) in [6.07, 6.45) is 0. The van der Waals surface area contributed by atoms with Gasteiger partial charge in [-0.25, -0.2) is 4.79 Å². The molecule has 0 aliphatic heterocycles. The SMILES string of the molecule is CCOC(=O)c1c(NC(=O)C(Sc2cccc(N)c2)c2ccccc2)sc(C(=O)Nc2ccccc2)c1C. The van der Waals surface area contributed by atoms with Crippen molar-refractivity contribution in [2.24, 2.45) is 0 Å². The first kappa shape index (κ1) is 27.0. The topological polar surface area (TPSA) is 111 Å². The van der Waals surface area contributed by atoms with Gasteiger partial charge in [0.1, 0.15) is 10.3 Å². The molecule has 1 atom stereocenters. The average molecular weight is 546 g/mol. The van der Waals surface area contributed by atoms with Gasteiger partial charge in [0, 0.05) is 16.3 Å². The number of nitrogens with one attached hydrogen (secondary N) is 2. The number of thioether (sulfide) groups is 1. The summed E-state index contributed by atoms with van der Waals surface area (Å²) in [4.78, 5) is 40.9. The molecule has 0 aliphatic carbocycles. The van der Waals surface area contributed by atoms with E-state index in [1.54, 1.807) is 38.1 Å². The molecule has 4 aromatic rings. The minimum Gasteiger partial charge on any atom is -0.462 e. The summed E-state index contributed by atoms with van der Waals surface area (Å²) in [6.45, 7) is 3.54. The van der Waals surface area contributed by atoms with Gasteiger partial charge in [0.25, 0.3) is 5.91 Å². The van der Waals surface area contributed by atoms with Crippen LogP contribution in [-0.4, -0.2) is 24.4 Å². The third kappa shape index (κ3) is 6.42. The summed E-state index contributed by atoms with van der Waals surface area (Å²) in [6, 6.07) is 25.7. The number of nitrogens with two attached hydrogens (primary N) is 1. The maximum absolute atomic E-state index is 13.7. The number of amides is 2. The predicted molar refractivity (Wildman–Crippen MR) is 154 cm³/mol. The molecule has 38 heavy (non-hydrogen) atoms. The molecule has 0 aliphatic rings. The van der Waals surface area contributed by atoms with Gasteiger partial charge in [0.2, 0.25) is 5.91 Å². The van der Waals surface area contributed by atoms with Crippen LogP contribution in [0.4, 0.5) is 16.4 Å². The van der Waals surface area contributed by atoms with E-state index in [1.807, 2.05) is 60.7 Å². The Morgan fingerprint density at radius 3 is 2.29 bits per heavy atom. The van der Waals surface area contributed by atoms with Crippen LogP contribution in [0.5, 0.6) is 0 Å². The number of carbonyl (C=O) groups is 3. The first-order valence-corrected chi connectivity index (χ1v) is 13.6. The second-order valence-electron chi connectivity index (χ2n) is 8.27. The van der Waals surface area contributed by atoms with E-state index in [0.29, 0.717) is 21.8 Å². The summed E-state index contributed by atoms with van der Waals surface area (Å²) in [5, 5.41) is 5.37. The monoisotopic (exact) mass is 545 g/mol. The van der Waals surface area contributed by atoms with Crippen molar-refractivity contribution < 1.29 is 19.1 Å². The van der Waals surface area contributed by atoms with Gasteiger partial charge in [0.05, 0.1) is 17.0 Å². The van der Waals surface area contributed by atoms with Crippen LogP contribution in [0.3, 0.4) is 0 Å². The number of carbonyl (C=O) groups excluding carboxylic acids is 3. The Bertz CT molecular complexity index is 1440. The van der Waals surface area contributed by atoms with Crippen LogP contribution in [0.15, 0.2) is 89.8 Å². The maximum atomic E-state index is 13.7. The molecule has 0 saturated heterocycles. The van der Waals surface area contributed by atoms with E-state index < -0.39 is 11.2 Å². The molecule has 0 spiro atoms. The molecule has 3 aromatic carbocycles. The number of thiophene rings is 1. The molecule has 1 aromatic heterocycles. The van der Waals surface area contributed by atoms with Crippen molar-refractivity contribution in [3.8, 4) is 0 Å². The Balaban J connectivity index is 1.68. The van der Waals surface area contributed by atoms with E-state index in [1.165, 1.54) is 11.8 Å². The van der Waals surface area contributed by atoms with Crippen LogP contribution >= 0.6 is 23.1 Å². The Hall–Kier alpha value is -4.08. The Kier molecular flexibility index (Phi) is 8.83. The molecule has 1 unspecified atom stereocenters. The van der Waals surface area contributed by atoms with E-state index in [2.05, 4.69) is 10.6 Å². The number of para-hydroxylation sites is 1. The summed E-state index contributed by atoms with van der Waals surface area (Å²) in [7, 11) is 0. The minimum atomic E-state index is -0.642. The zero-order valence-electron chi connectivity index (χ0n) is 20.9. The van der Waals surface area contributed by atoms with Gasteiger partial charge in [-0.05, 0) is 55.3 Å². The standard InChI is InChI=1S/C29H27N3O4S2/c1-3-36-29(35)23-18(2)24(26(33)31-21-14-8-5-9-15-21)38-28(23)32-27(34)25(19-11-6-4-7-12-19)37-22-16-10-13-20(30)17-22/h4-17,25H,3,30H2,1-2H3,(H,31,33)(H,32,34). The Labute approximate surface area is 229 Å². The Morgan fingerprint density at radius 1 is 0.947 bits per heavy atom. The van der Waals surface area contributed by atoms with Gasteiger partial charge in [-0.2, -0.15) is 0 Å². The second kappa shape index (κ2) is 12.4. The largest absolute Gasteiger partial charge is 0.462 e. The summed E-state index contributed by atoms with van der Waals surface area (Å²) in [5.74, 6) is -1.32. The van der Waals surface area contributed by atoms with E-state index in [-0.39, 0.29) is 29.0 Å². The van der Waals surface area contributed by atoms with Crippen LogP contribution in [0, 0.1) is 6.92 Å². The summed E-state index contributed by atoms with van der Waals surface area (Å²) < 4.78 is 5.26. The first-order chi connectivity index (χ1) is 18.4. The van der Waals surface area contributed by atoms with Gasteiger partial charge in [-0.15, -0.1) is 23.1 Å². The number of hydrogen-bond donors (Lipinski definition) is 3. The van der Waals surface area contributed by atoms with Crippen LogP contribution < -0.4 is 16.4 Å². The third-order valence-electron chi connectivity index (χ3n) is 5.55. The quantitative estimate of drug-likeness (QED) is 0.125. The molecule has 4 N–H and O–H groups in total. The van der Waals surface area contributed by atoms with Gasteiger partial charge in [-0.1, -0.05) is 54.6 Å². The normalized spacial score (nSPS) is 11.4. The fourth-order valence-corrected chi connectivity index (χ4v) is 5.96. The van der Waals surface area contributed by atoms with Crippen molar-refractivity contribution in [3.05, 3.63) is 106 Å². The molecule has 0 bridgehead atoms. The number of benzene rings is 3. The number of rotatable bonds is 9. The van der Waals surface area contributed by atoms with Crippen molar-refractivity contribution in [1.82, 2.24) is 0 Å². The maximum Gasteiger partial charge on any atom is 0.341 e. The minimum absolute atomic E-state index is 0.158. The summed E-state index contributed by atoms with van der Waals surface area (Å²) in [5.41, 5.74) is 8.56. The van der Waals surface area contributed by atoms with Gasteiger partial charge < -0.3 is 21.1 Å². The lowest BCUT2D eigenvalue weighted by Crippen LogP contribution is -2.20. The molecular weight excluding hydrogens is 518 g/mol. The number of nitrogen functional groups attached to an aromatic ring is 1. The highest BCUT2D eigenvalue weighted by molar-refractivity contribution is 8.00. The average Bonchev–Trinajstić information content (AvgIpc) is 3.24. The molecular formula is C29H27N3O4S2. The highest BCUT2D eigenvalue weighted by Crippen LogP contribution is 2.39. The molecule has 194 valence electrons. The zero-order chi connectivity index (χ0) is 27.1. The van der Waals surface area contributed by atoms with Crippen LogP contribution in [-0.2, 0) is 9.53 Å². The molecule has 1 heterocycles. The number of esters is 1. The highest BCUT2D eigenvalue weighted by atomic mass is 32.2.